The molecular formula is C23H27N3O3. The zero-order chi connectivity index (χ0) is 19.9. The minimum absolute atomic E-state index is 0.0198. The minimum atomic E-state index is -0.504. The van der Waals surface area contributed by atoms with Crippen LogP contribution in [-0.4, -0.2) is 48.9 Å². The van der Waals surface area contributed by atoms with Gasteiger partial charge in [-0.3, -0.25) is 9.69 Å². The van der Waals surface area contributed by atoms with Crippen LogP contribution in [0.3, 0.4) is 0 Å². The number of methoxy groups -OCH3 is 1. The Kier molecular flexibility index (Phi) is 4.48. The van der Waals surface area contributed by atoms with Crippen molar-refractivity contribution in [3.8, 4) is 5.75 Å². The van der Waals surface area contributed by atoms with Crippen LogP contribution in [-0.2, 0) is 11.3 Å². The number of para-hydroxylation sites is 2. The van der Waals surface area contributed by atoms with Crippen molar-refractivity contribution in [2.24, 2.45) is 0 Å². The summed E-state index contributed by atoms with van der Waals surface area (Å²) in [5.74, 6) is 0.922. The molecule has 1 unspecified atom stereocenters. The molecule has 2 spiro atoms. The van der Waals surface area contributed by atoms with Gasteiger partial charge in [-0.15, -0.1) is 0 Å². The standard InChI is InChI=1S/C23H27N3O3/c1-28-20-9-5-2-6-17(20)14-26-12-10-22(11-13-26)15-23(16-29-22)24-19-8-4-3-7-18(19)21(27)25-23/h2-9,24H,10-16H2,1H3,(H,25,27). The molecule has 29 heavy (non-hydrogen) atoms. The molecule has 3 aliphatic rings. The molecule has 0 aliphatic carbocycles. The smallest absolute Gasteiger partial charge is 0.255 e. The lowest BCUT2D eigenvalue weighted by molar-refractivity contribution is -0.0453. The van der Waals surface area contributed by atoms with Gasteiger partial charge in [0.05, 0.1) is 24.9 Å². The van der Waals surface area contributed by atoms with E-state index in [9.17, 15) is 4.79 Å². The number of hydrogen-bond donors (Lipinski definition) is 2. The van der Waals surface area contributed by atoms with Crippen LogP contribution in [0.2, 0.25) is 0 Å². The summed E-state index contributed by atoms with van der Waals surface area (Å²) in [5.41, 5.74) is 2.13. The van der Waals surface area contributed by atoms with Crippen molar-refractivity contribution < 1.29 is 14.3 Å². The maximum atomic E-state index is 12.6. The third kappa shape index (κ3) is 3.36. The predicted molar refractivity (Wildman–Crippen MR) is 111 cm³/mol. The van der Waals surface area contributed by atoms with E-state index in [0.29, 0.717) is 12.2 Å². The quantitative estimate of drug-likeness (QED) is 0.839. The monoisotopic (exact) mass is 393 g/mol. The van der Waals surface area contributed by atoms with Crippen LogP contribution >= 0.6 is 0 Å². The van der Waals surface area contributed by atoms with Crippen molar-refractivity contribution in [1.29, 1.82) is 0 Å². The number of ether oxygens (including phenoxy) is 2. The molecule has 2 saturated heterocycles. The summed E-state index contributed by atoms with van der Waals surface area (Å²) in [6, 6.07) is 15.9. The molecule has 0 aromatic heterocycles. The second kappa shape index (κ2) is 7.04. The predicted octanol–water partition coefficient (Wildman–Crippen LogP) is 3.00. The average molecular weight is 393 g/mol. The molecule has 1 atom stereocenters. The maximum Gasteiger partial charge on any atom is 0.255 e. The molecule has 2 fully saturated rings. The van der Waals surface area contributed by atoms with Crippen molar-refractivity contribution in [2.75, 3.05) is 32.1 Å². The first-order valence-electron chi connectivity index (χ1n) is 10.3. The molecule has 2 aromatic rings. The molecule has 0 bridgehead atoms. The average Bonchev–Trinajstić information content (AvgIpc) is 3.07. The Bertz CT molecular complexity index is 923. The molecule has 152 valence electrons. The normalized spacial score (nSPS) is 25.5. The Morgan fingerprint density at radius 3 is 2.66 bits per heavy atom. The number of benzene rings is 2. The number of carbonyl (C=O) groups is 1. The minimum Gasteiger partial charge on any atom is -0.496 e. The van der Waals surface area contributed by atoms with Gasteiger partial charge < -0.3 is 20.1 Å². The highest BCUT2D eigenvalue weighted by Crippen LogP contribution is 2.43. The fraction of sp³-hybridized carbons (Fsp3) is 0.435. The van der Waals surface area contributed by atoms with Gasteiger partial charge in [-0.1, -0.05) is 30.3 Å². The number of hydrogen-bond acceptors (Lipinski definition) is 5. The van der Waals surface area contributed by atoms with Crippen molar-refractivity contribution >= 4 is 11.6 Å². The van der Waals surface area contributed by atoms with Crippen LogP contribution in [0.4, 0.5) is 5.69 Å². The molecule has 0 saturated carbocycles. The molecule has 5 rings (SSSR count). The number of likely N-dealkylation sites (tertiary alicyclic amines) is 1. The van der Waals surface area contributed by atoms with Crippen LogP contribution in [0, 0.1) is 0 Å². The lowest BCUT2D eigenvalue weighted by Gasteiger charge is -2.41. The number of anilines is 1. The molecular weight excluding hydrogens is 366 g/mol. The van der Waals surface area contributed by atoms with E-state index in [4.69, 9.17) is 9.47 Å². The Balaban J connectivity index is 1.25. The lowest BCUT2D eigenvalue weighted by Crippen LogP contribution is -2.59. The van der Waals surface area contributed by atoms with Crippen LogP contribution in [0.5, 0.6) is 5.75 Å². The second-order valence-corrected chi connectivity index (χ2v) is 8.44. The Labute approximate surface area is 171 Å². The van der Waals surface area contributed by atoms with E-state index in [1.807, 2.05) is 36.4 Å². The van der Waals surface area contributed by atoms with Gasteiger partial charge in [0.1, 0.15) is 11.4 Å². The van der Waals surface area contributed by atoms with Gasteiger partial charge in [0.15, 0.2) is 0 Å². The fourth-order valence-corrected chi connectivity index (χ4v) is 4.97. The summed E-state index contributed by atoms with van der Waals surface area (Å²) >= 11 is 0. The first kappa shape index (κ1) is 18.5. The van der Waals surface area contributed by atoms with Crippen molar-refractivity contribution in [2.45, 2.75) is 37.1 Å². The number of piperidine rings is 1. The van der Waals surface area contributed by atoms with E-state index in [-0.39, 0.29) is 11.5 Å². The van der Waals surface area contributed by atoms with E-state index in [1.165, 1.54) is 5.56 Å². The highest BCUT2D eigenvalue weighted by molar-refractivity contribution is 6.02. The summed E-state index contributed by atoms with van der Waals surface area (Å²) < 4.78 is 11.8. The maximum absolute atomic E-state index is 12.6. The molecule has 2 N–H and O–H groups in total. The molecule has 2 aromatic carbocycles. The summed E-state index contributed by atoms with van der Waals surface area (Å²) in [6.45, 7) is 3.32. The number of amides is 1. The van der Waals surface area contributed by atoms with E-state index in [1.54, 1.807) is 7.11 Å². The highest BCUT2D eigenvalue weighted by atomic mass is 16.5. The number of nitrogens with one attached hydrogen (secondary N) is 2. The van der Waals surface area contributed by atoms with Gasteiger partial charge in [-0.25, -0.2) is 0 Å². The fourth-order valence-electron chi connectivity index (χ4n) is 4.97. The zero-order valence-corrected chi connectivity index (χ0v) is 16.7. The Hall–Kier alpha value is -2.57. The highest BCUT2D eigenvalue weighted by Gasteiger charge is 2.53. The van der Waals surface area contributed by atoms with Crippen LogP contribution in [0.1, 0.15) is 35.2 Å². The summed E-state index contributed by atoms with van der Waals surface area (Å²) in [4.78, 5) is 15.1. The van der Waals surface area contributed by atoms with Crippen molar-refractivity contribution in [1.82, 2.24) is 10.2 Å². The largest absolute Gasteiger partial charge is 0.496 e. The van der Waals surface area contributed by atoms with Gasteiger partial charge in [-0.05, 0) is 31.0 Å². The Morgan fingerprint density at radius 2 is 1.83 bits per heavy atom. The summed E-state index contributed by atoms with van der Waals surface area (Å²) in [6.07, 6.45) is 2.72. The zero-order valence-electron chi connectivity index (χ0n) is 16.7. The van der Waals surface area contributed by atoms with Gasteiger partial charge in [0.25, 0.3) is 5.91 Å². The molecule has 3 aliphatic heterocycles. The molecule has 1 amide bonds. The summed E-state index contributed by atoms with van der Waals surface area (Å²) in [5, 5.41) is 6.73. The number of fused-ring (bicyclic) bond motifs is 1. The lowest BCUT2D eigenvalue weighted by atomic mass is 9.84. The van der Waals surface area contributed by atoms with Gasteiger partial charge in [0, 0.05) is 37.3 Å². The first-order valence-corrected chi connectivity index (χ1v) is 10.3. The van der Waals surface area contributed by atoms with Gasteiger partial charge >= 0.3 is 0 Å². The third-order valence-electron chi connectivity index (χ3n) is 6.50. The first-order chi connectivity index (χ1) is 14.1. The third-order valence-corrected chi connectivity index (χ3v) is 6.50. The number of carbonyl (C=O) groups excluding carboxylic acids is 1. The number of rotatable bonds is 3. The van der Waals surface area contributed by atoms with Crippen molar-refractivity contribution in [3.63, 3.8) is 0 Å². The molecule has 6 heteroatoms. The SMILES string of the molecule is COc1ccccc1CN1CCC2(CC1)CC1(CO2)NC(=O)c2ccccc2N1. The van der Waals surface area contributed by atoms with Crippen LogP contribution < -0.4 is 15.4 Å². The number of nitrogens with zero attached hydrogens (tertiary/aromatic N) is 1. The van der Waals surface area contributed by atoms with Crippen LogP contribution in [0.25, 0.3) is 0 Å². The van der Waals surface area contributed by atoms with Crippen molar-refractivity contribution in [3.05, 3.63) is 59.7 Å². The van der Waals surface area contributed by atoms with E-state index >= 15 is 0 Å². The van der Waals surface area contributed by atoms with E-state index < -0.39 is 5.66 Å². The van der Waals surface area contributed by atoms with E-state index in [0.717, 1.165) is 50.3 Å². The molecule has 0 radical (unpaired) electrons. The Morgan fingerprint density at radius 1 is 1.07 bits per heavy atom. The molecule has 3 heterocycles. The van der Waals surface area contributed by atoms with Crippen LogP contribution in [0.15, 0.2) is 48.5 Å². The topological polar surface area (TPSA) is 62.8 Å². The second-order valence-electron chi connectivity index (χ2n) is 8.44. The van der Waals surface area contributed by atoms with Gasteiger partial charge in [0.2, 0.25) is 0 Å². The van der Waals surface area contributed by atoms with E-state index in [2.05, 4.69) is 27.7 Å². The van der Waals surface area contributed by atoms with Gasteiger partial charge in [-0.2, -0.15) is 0 Å². The summed E-state index contributed by atoms with van der Waals surface area (Å²) in [7, 11) is 1.72. The molecule has 6 nitrogen and oxygen atoms in total.